The summed E-state index contributed by atoms with van der Waals surface area (Å²) in [6.45, 7) is 1.45. The average Bonchev–Trinajstić information content (AvgIpc) is 3.58. The predicted molar refractivity (Wildman–Crippen MR) is 138 cm³/mol. The molecule has 1 N–H and O–H groups in total. The maximum Gasteiger partial charge on any atom is 0.254 e. The van der Waals surface area contributed by atoms with Crippen molar-refractivity contribution in [1.29, 1.82) is 0 Å². The number of hydrogen-bond donors (Lipinski definition) is 1. The van der Waals surface area contributed by atoms with Crippen LogP contribution in [0.4, 0.5) is 5.69 Å². The standard InChI is InChI=1S/C28H24N6O3/c35-28-21(13-20-14-24-25(37-17-36-24)15-22(20)29-28)26(33-12-6-10-19-9-4-5-11-23(19)33)27-30-31-32-34(27)16-18-7-2-1-3-8-18/h1-5,7-9,11,13-15,26H,6,10,12,16-17H2,(H,29,35)/t26-/m0/s1. The molecule has 9 heteroatoms. The number of para-hydroxylation sites is 1. The van der Waals surface area contributed by atoms with Crippen molar-refractivity contribution in [2.24, 2.45) is 0 Å². The first-order chi connectivity index (χ1) is 18.2. The number of pyridine rings is 1. The summed E-state index contributed by atoms with van der Waals surface area (Å²) in [6, 6.07) is 23.6. The fourth-order valence-electron chi connectivity index (χ4n) is 5.37. The van der Waals surface area contributed by atoms with E-state index in [1.165, 1.54) is 5.56 Å². The maximum atomic E-state index is 13.7. The van der Waals surface area contributed by atoms with Gasteiger partial charge in [0, 0.05) is 29.2 Å². The largest absolute Gasteiger partial charge is 0.454 e. The number of aromatic nitrogens is 5. The van der Waals surface area contributed by atoms with Gasteiger partial charge in [0.15, 0.2) is 17.3 Å². The van der Waals surface area contributed by atoms with Gasteiger partial charge in [-0.15, -0.1) is 5.10 Å². The highest BCUT2D eigenvalue weighted by Gasteiger charge is 2.33. The zero-order valence-electron chi connectivity index (χ0n) is 20.0. The minimum Gasteiger partial charge on any atom is -0.454 e. The fraction of sp³-hybridized carbons (Fsp3) is 0.214. The van der Waals surface area contributed by atoms with Gasteiger partial charge < -0.3 is 19.4 Å². The first-order valence-corrected chi connectivity index (χ1v) is 12.4. The van der Waals surface area contributed by atoms with Gasteiger partial charge in [-0.05, 0) is 52.6 Å². The van der Waals surface area contributed by atoms with Crippen molar-refractivity contribution in [2.45, 2.75) is 25.4 Å². The second-order valence-corrected chi connectivity index (χ2v) is 9.36. The molecule has 0 unspecified atom stereocenters. The molecule has 9 nitrogen and oxygen atoms in total. The molecule has 0 aliphatic carbocycles. The first kappa shape index (κ1) is 21.6. The lowest BCUT2D eigenvalue weighted by Crippen LogP contribution is -2.38. The molecule has 7 rings (SSSR count). The highest BCUT2D eigenvalue weighted by molar-refractivity contribution is 5.83. The molecule has 5 aromatic rings. The normalized spacial score (nSPS) is 15.1. The van der Waals surface area contributed by atoms with Crippen LogP contribution in [0.25, 0.3) is 10.9 Å². The Kier molecular flexibility index (Phi) is 5.12. The van der Waals surface area contributed by atoms with E-state index in [1.54, 1.807) is 4.68 Å². The van der Waals surface area contributed by atoms with E-state index in [0.29, 0.717) is 34.9 Å². The zero-order valence-corrected chi connectivity index (χ0v) is 20.0. The number of anilines is 1. The number of benzene rings is 3. The van der Waals surface area contributed by atoms with Crippen molar-refractivity contribution < 1.29 is 9.47 Å². The van der Waals surface area contributed by atoms with Crippen LogP contribution in [0.1, 0.15) is 35.0 Å². The Balaban J connectivity index is 1.41. The Bertz CT molecular complexity index is 1660. The van der Waals surface area contributed by atoms with Crippen LogP contribution >= 0.6 is 0 Å². The molecule has 1 atom stereocenters. The number of fused-ring (bicyclic) bond motifs is 3. The van der Waals surface area contributed by atoms with E-state index >= 15 is 0 Å². The summed E-state index contributed by atoms with van der Waals surface area (Å²) < 4.78 is 12.9. The number of nitrogens with one attached hydrogen (secondary N) is 1. The smallest absolute Gasteiger partial charge is 0.254 e. The summed E-state index contributed by atoms with van der Waals surface area (Å²) in [5, 5.41) is 13.7. The Morgan fingerprint density at radius 1 is 0.973 bits per heavy atom. The van der Waals surface area contributed by atoms with E-state index in [4.69, 9.17) is 9.47 Å². The van der Waals surface area contributed by atoms with Crippen LogP contribution < -0.4 is 19.9 Å². The van der Waals surface area contributed by atoms with E-state index in [9.17, 15) is 4.79 Å². The topological polar surface area (TPSA) is 98.2 Å². The molecule has 0 saturated carbocycles. The Hall–Kier alpha value is -4.66. The van der Waals surface area contributed by atoms with Crippen LogP contribution in [0.2, 0.25) is 0 Å². The second kappa shape index (κ2) is 8.77. The molecule has 37 heavy (non-hydrogen) atoms. The lowest BCUT2D eigenvalue weighted by molar-refractivity contribution is 0.174. The lowest BCUT2D eigenvalue weighted by atomic mass is 9.96. The molecule has 2 aromatic heterocycles. The molecule has 2 aliphatic rings. The van der Waals surface area contributed by atoms with Crippen molar-refractivity contribution in [1.82, 2.24) is 25.2 Å². The average molecular weight is 493 g/mol. The summed E-state index contributed by atoms with van der Waals surface area (Å²) in [4.78, 5) is 19.0. The molecule has 0 amide bonds. The van der Waals surface area contributed by atoms with E-state index < -0.39 is 6.04 Å². The predicted octanol–water partition coefficient (Wildman–Crippen LogP) is 3.83. The summed E-state index contributed by atoms with van der Waals surface area (Å²) >= 11 is 0. The summed E-state index contributed by atoms with van der Waals surface area (Å²) in [5.74, 6) is 1.91. The molecule has 184 valence electrons. The van der Waals surface area contributed by atoms with Gasteiger partial charge in [-0.3, -0.25) is 4.79 Å². The van der Waals surface area contributed by atoms with Crippen molar-refractivity contribution in [2.75, 3.05) is 18.2 Å². The number of nitrogens with zero attached hydrogens (tertiary/aromatic N) is 5. The monoisotopic (exact) mass is 492 g/mol. The van der Waals surface area contributed by atoms with Crippen LogP contribution in [0.3, 0.4) is 0 Å². The zero-order chi connectivity index (χ0) is 24.8. The Labute approximate surface area is 212 Å². The SMILES string of the molecule is O=c1[nH]c2cc3c(cc2cc1[C@@H](c1nnnn1Cc1ccccc1)N1CCCc2ccccc21)OCO3. The quantitative estimate of drug-likeness (QED) is 0.398. The van der Waals surface area contributed by atoms with Gasteiger partial charge in [-0.25, -0.2) is 4.68 Å². The second-order valence-electron chi connectivity index (χ2n) is 9.36. The van der Waals surface area contributed by atoms with Crippen molar-refractivity contribution in [3.63, 3.8) is 0 Å². The highest BCUT2D eigenvalue weighted by atomic mass is 16.7. The molecule has 3 aromatic carbocycles. The minimum atomic E-state index is -0.487. The van der Waals surface area contributed by atoms with Gasteiger partial charge in [0.2, 0.25) is 6.79 Å². The number of hydrogen-bond acceptors (Lipinski definition) is 7. The van der Waals surface area contributed by atoms with E-state index in [1.807, 2.05) is 54.6 Å². The van der Waals surface area contributed by atoms with Crippen LogP contribution in [-0.4, -0.2) is 38.5 Å². The van der Waals surface area contributed by atoms with Crippen LogP contribution in [0.5, 0.6) is 11.5 Å². The lowest BCUT2D eigenvalue weighted by Gasteiger charge is -2.37. The van der Waals surface area contributed by atoms with Gasteiger partial charge in [0.05, 0.1) is 12.1 Å². The Morgan fingerprint density at radius 3 is 2.68 bits per heavy atom. The number of aryl methyl sites for hydroxylation is 1. The molecular weight excluding hydrogens is 468 g/mol. The summed E-state index contributed by atoms with van der Waals surface area (Å²) in [7, 11) is 0. The van der Waals surface area contributed by atoms with E-state index in [0.717, 1.165) is 36.0 Å². The van der Waals surface area contributed by atoms with Crippen LogP contribution in [0, 0.1) is 0 Å². The van der Waals surface area contributed by atoms with E-state index in [2.05, 4.69) is 43.6 Å². The number of aromatic amines is 1. The van der Waals surface area contributed by atoms with Crippen molar-refractivity contribution in [3.8, 4) is 11.5 Å². The maximum absolute atomic E-state index is 13.7. The van der Waals surface area contributed by atoms with Crippen LogP contribution in [-0.2, 0) is 13.0 Å². The van der Waals surface area contributed by atoms with Gasteiger partial charge in [-0.1, -0.05) is 48.5 Å². The molecular formula is C28H24N6O3. The molecule has 0 bridgehead atoms. The molecule has 0 spiro atoms. The highest BCUT2D eigenvalue weighted by Crippen LogP contribution is 2.39. The summed E-state index contributed by atoms with van der Waals surface area (Å²) in [6.07, 6.45) is 1.96. The van der Waals surface area contributed by atoms with Gasteiger partial charge in [0.1, 0.15) is 6.04 Å². The molecule has 0 fully saturated rings. The van der Waals surface area contributed by atoms with Crippen molar-refractivity contribution in [3.05, 3.63) is 106 Å². The number of rotatable bonds is 5. The number of tetrazole rings is 1. The van der Waals surface area contributed by atoms with Gasteiger partial charge >= 0.3 is 0 Å². The molecule has 0 radical (unpaired) electrons. The van der Waals surface area contributed by atoms with Gasteiger partial charge in [-0.2, -0.15) is 0 Å². The molecule has 0 saturated heterocycles. The third kappa shape index (κ3) is 3.79. The Morgan fingerprint density at radius 2 is 1.78 bits per heavy atom. The first-order valence-electron chi connectivity index (χ1n) is 12.4. The van der Waals surface area contributed by atoms with Gasteiger partial charge in [0.25, 0.3) is 5.56 Å². The summed E-state index contributed by atoms with van der Waals surface area (Å²) in [5.41, 5.74) is 4.51. The van der Waals surface area contributed by atoms with E-state index in [-0.39, 0.29) is 12.4 Å². The van der Waals surface area contributed by atoms with Crippen LogP contribution in [0.15, 0.2) is 77.6 Å². The minimum absolute atomic E-state index is 0.171. The number of H-pyrrole nitrogens is 1. The molecule has 2 aliphatic heterocycles. The molecule has 4 heterocycles. The number of ether oxygens (including phenoxy) is 2. The fourth-order valence-corrected chi connectivity index (χ4v) is 5.37. The third-order valence-corrected chi connectivity index (χ3v) is 7.10. The van der Waals surface area contributed by atoms with Crippen molar-refractivity contribution >= 4 is 16.6 Å². The third-order valence-electron chi connectivity index (χ3n) is 7.10.